The molecule has 0 saturated carbocycles. The van der Waals surface area contributed by atoms with Gasteiger partial charge in [-0.25, -0.2) is 4.79 Å². The van der Waals surface area contributed by atoms with Crippen LogP contribution in [0.4, 0.5) is 10.5 Å². The summed E-state index contributed by atoms with van der Waals surface area (Å²) in [6.07, 6.45) is 2.21. The Kier molecular flexibility index (Phi) is 7.24. The minimum absolute atomic E-state index is 0.156. The predicted molar refractivity (Wildman–Crippen MR) is 94.3 cm³/mol. The molecule has 1 aromatic carbocycles. The van der Waals surface area contributed by atoms with Crippen LogP contribution in [0, 0.1) is 0 Å². The van der Waals surface area contributed by atoms with Crippen molar-refractivity contribution < 1.29 is 14.3 Å². The summed E-state index contributed by atoms with van der Waals surface area (Å²) in [5.41, 5.74) is 5.62. The van der Waals surface area contributed by atoms with Gasteiger partial charge in [-0.15, -0.1) is 0 Å². The summed E-state index contributed by atoms with van der Waals surface area (Å²) in [7, 11) is 0. The second-order valence-electron chi connectivity index (χ2n) is 5.19. The topological polar surface area (TPSA) is 104 Å². The number of para-hydroxylation sites is 1. The number of benzene rings is 1. The van der Waals surface area contributed by atoms with Crippen molar-refractivity contribution in [1.82, 2.24) is 21.5 Å². The number of carbonyl (C=O) groups is 2. The zero-order valence-corrected chi connectivity index (χ0v) is 13.9. The number of anilines is 1. The van der Waals surface area contributed by atoms with Crippen molar-refractivity contribution in [2.45, 2.75) is 18.9 Å². The second-order valence-corrected chi connectivity index (χ2v) is 5.60. The quantitative estimate of drug-likeness (QED) is 0.391. The first-order chi connectivity index (χ1) is 11.6. The highest BCUT2D eigenvalue weighted by atomic mass is 32.1. The lowest BCUT2D eigenvalue weighted by Crippen LogP contribution is -2.51. The Hall–Kier alpha value is -2.39. The zero-order valence-electron chi connectivity index (χ0n) is 13.1. The number of amides is 3. The first-order valence-electron chi connectivity index (χ1n) is 7.67. The van der Waals surface area contributed by atoms with Crippen LogP contribution in [0.5, 0.6) is 0 Å². The fourth-order valence-electron chi connectivity index (χ4n) is 2.08. The fourth-order valence-corrected chi connectivity index (χ4v) is 2.22. The highest BCUT2D eigenvalue weighted by molar-refractivity contribution is 7.80. The number of urea groups is 1. The van der Waals surface area contributed by atoms with Crippen LogP contribution < -0.4 is 26.8 Å². The van der Waals surface area contributed by atoms with Crippen molar-refractivity contribution in [3.8, 4) is 0 Å². The number of ether oxygens (including phenoxy) is 1. The molecule has 8 nitrogen and oxygen atoms in total. The molecule has 1 aliphatic rings. The molecular formula is C15H21N5O3S. The van der Waals surface area contributed by atoms with Gasteiger partial charge in [0.05, 0.1) is 6.10 Å². The molecule has 0 aliphatic carbocycles. The second kappa shape index (κ2) is 9.68. The van der Waals surface area contributed by atoms with Crippen molar-refractivity contribution in [3.63, 3.8) is 0 Å². The summed E-state index contributed by atoms with van der Waals surface area (Å²) in [4.78, 5) is 23.3. The Morgan fingerprint density at radius 3 is 2.67 bits per heavy atom. The Morgan fingerprint density at radius 2 is 1.96 bits per heavy atom. The lowest BCUT2D eigenvalue weighted by Gasteiger charge is -2.14. The van der Waals surface area contributed by atoms with E-state index in [2.05, 4.69) is 26.8 Å². The zero-order chi connectivity index (χ0) is 17.2. The molecule has 5 N–H and O–H groups in total. The predicted octanol–water partition coefficient (Wildman–Crippen LogP) is 0.482. The maximum atomic E-state index is 11.6. The summed E-state index contributed by atoms with van der Waals surface area (Å²) in [6.45, 7) is 1.19. The molecule has 130 valence electrons. The number of carbonyl (C=O) groups excluding carboxylic acids is 2. The molecule has 24 heavy (non-hydrogen) atoms. The molecule has 1 unspecified atom stereocenters. The maximum Gasteiger partial charge on any atom is 0.319 e. The van der Waals surface area contributed by atoms with Crippen LogP contribution >= 0.6 is 12.2 Å². The van der Waals surface area contributed by atoms with Gasteiger partial charge in [0.25, 0.3) is 5.91 Å². The normalized spacial score (nSPS) is 16.1. The van der Waals surface area contributed by atoms with Crippen molar-refractivity contribution >= 4 is 35.0 Å². The van der Waals surface area contributed by atoms with Gasteiger partial charge in [0.15, 0.2) is 5.11 Å². The van der Waals surface area contributed by atoms with Crippen LogP contribution in [0.3, 0.4) is 0 Å². The molecule has 2 rings (SSSR count). The van der Waals surface area contributed by atoms with Crippen molar-refractivity contribution in [1.29, 1.82) is 0 Å². The monoisotopic (exact) mass is 351 g/mol. The smallest absolute Gasteiger partial charge is 0.319 e. The van der Waals surface area contributed by atoms with Gasteiger partial charge in [-0.1, -0.05) is 18.2 Å². The van der Waals surface area contributed by atoms with E-state index in [0.29, 0.717) is 17.3 Å². The number of rotatable bonds is 5. The molecule has 1 heterocycles. The highest BCUT2D eigenvalue weighted by Gasteiger charge is 2.15. The number of hydrazine groups is 1. The number of thiocarbonyl (C=S) groups is 1. The van der Waals surface area contributed by atoms with E-state index >= 15 is 0 Å². The Balaban J connectivity index is 1.55. The van der Waals surface area contributed by atoms with Crippen LogP contribution in [-0.4, -0.2) is 42.9 Å². The van der Waals surface area contributed by atoms with Crippen LogP contribution in [0.2, 0.25) is 0 Å². The maximum absolute atomic E-state index is 11.6. The number of hydrogen-bond acceptors (Lipinski definition) is 4. The van der Waals surface area contributed by atoms with E-state index in [-0.39, 0.29) is 12.6 Å². The molecule has 1 atom stereocenters. The van der Waals surface area contributed by atoms with Crippen LogP contribution in [0.25, 0.3) is 0 Å². The molecule has 0 radical (unpaired) electrons. The van der Waals surface area contributed by atoms with Crippen LogP contribution in [0.1, 0.15) is 12.8 Å². The summed E-state index contributed by atoms with van der Waals surface area (Å²) < 4.78 is 5.45. The minimum atomic E-state index is -0.463. The molecule has 1 aliphatic heterocycles. The lowest BCUT2D eigenvalue weighted by atomic mass is 10.2. The molecule has 0 bridgehead atoms. The largest absolute Gasteiger partial charge is 0.376 e. The van der Waals surface area contributed by atoms with Gasteiger partial charge in [0.2, 0.25) is 0 Å². The average Bonchev–Trinajstić information content (AvgIpc) is 3.10. The van der Waals surface area contributed by atoms with Crippen molar-refractivity contribution in [2.24, 2.45) is 0 Å². The number of nitrogens with one attached hydrogen (secondary N) is 5. The van der Waals surface area contributed by atoms with E-state index < -0.39 is 11.9 Å². The van der Waals surface area contributed by atoms with E-state index in [1.165, 1.54) is 0 Å². The van der Waals surface area contributed by atoms with E-state index in [4.69, 9.17) is 17.0 Å². The summed E-state index contributed by atoms with van der Waals surface area (Å²) >= 11 is 5.04. The molecule has 0 spiro atoms. The summed E-state index contributed by atoms with van der Waals surface area (Å²) in [5, 5.41) is 8.31. The van der Waals surface area contributed by atoms with E-state index in [1.54, 1.807) is 24.3 Å². The fraction of sp³-hybridized carbons (Fsp3) is 0.400. The summed E-state index contributed by atoms with van der Waals surface area (Å²) in [5.74, 6) is -0.417. The van der Waals surface area contributed by atoms with Gasteiger partial charge in [0.1, 0.15) is 6.54 Å². The minimum Gasteiger partial charge on any atom is -0.376 e. The molecule has 9 heteroatoms. The molecule has 3 amide bonds. The molecule has 0 aromatic heterocycles. The third-order valence-electron chi connectivity index (χ3n) is 3.27. The van der Waals surface area contributed by atoms with E-state index in [1.807, 2.05) is 6.07 Å². The highest BCUT2D eigenvalue weighted by Crippen LogP contribution is 2.10. The molecule has 1 saturated heterocycles. The number of hydrogen-bond donors (Lipinski definition) is 5. The summed E-state index contributed by atoms with van der Waals surface area (Å²) in [6, 6.07) is 8.49. The first-order valence-corrected chi connectivity index (χ1v) is 8.08. The van der Waals surface area contributed by atoms with E-state index in [9.17, 15) is 9.59 Å². The SMILES string of the molecule is O=C(CNC(=O)Nc1ccccc1)NNC(=S)NCC1CCCO1. The molecule has 1 aromatic rings. The lowest BCUT2D eigenvalue weighted by molar-refractivity contribution is -0.120. The van der Waals surface area contributed by atoms with Gasteiger partial charge >= 0.3 is 6.03 Å². The Labute approximate surface area is 145 Å². The van der Waals surface area contributed by atoms with Crippen molar-refractivity contribution in [3.05, 3.63) is 30.3 Å². The molecule has 1 fully saturated rings. The van der Waals surface area contributed by atoms with Gasteiger partial charge < -0.3 is 20.7 Å². The first kappa shape index (κ1) is 18.0. The average molecular weight is 351 g/mol. The van der Waals surface area contributed by atoms with Gasteiger partial charge in [0, 0.05) is 18.8 Å². The molecular weight excluding hydrogens is 330 g/mol. The standard InChI is InChI=1S/C15H21N5O3S/c21-13(10-16-14(22)18-11-5-2-1-3-6-11)19-20-15(24)17-9-12-7-4-8-23-12/h1-3,5-6,12H,4,7-10H2,(H,19,21)(H2,16,18,22)(H2,17,20,24). The van der Waals surface area contributed by atoms with Crippen molar-refractivity contribution in [2.75, 3.05) is 25.0 Å². The Bertz CT molecular complexity index is 563. The van der Waals surface area contributed by atoms with E-state index in [0.717, 1.165) is 19.4 Å². The third-order valence-corrected chi connectivity index (χ3v) is 3.52. The van der Waals surface area contributed by atoms with Crippen LogP contribution in [0.15, 0.2) is 30.3 Å². The Morgan fingerprint density at radius 1 is 1.17 bits per heavy atom. The van der Waals surface area contributed by atoms with Gasteiger partial charge in [-0.3, -0.25) is 15.6 Å². The van der Waals surface area contributed by atoms with Crippen LogP contribution in [-0.2, 0) is 9.53 Å². The van der Waals surface area contributed by atoms with Gasteiger partial charge in [-0.2, -0.15) is 0 Å². The van der Waals surface area contributed by atoms with Gasteiger partial charge in [-0.05, 0) is 37.2 Å². The third kappa shape index (κ3) is 6.80.